The minimum absolute atomic E-state index is 0.275. The molecule has 0 fully saturated rings. The summed E-state index contributed by atoms with van der Waals surface area (Å²) in [5.41, 5.74) is 6.77. The lowest BCUT2D eigenvalue weighted by Crippen LogP contribution is -2.20. The number of nitrogens with two attached hydrogens (primary N) is 1. The fraction of sp³-hybridized carbons (Fsp3) is 0.538. The van der Waals surface area contributed by atoms with E-state index in [9.17, 15) is 0 Å². The number of benzene rings is 1. The van der Waals surface area contributed by atoms with Gasteiger partial charge in [-0.1, -0.05) is 11.6 Å². The van der Waals surface area contributed by atoms with Crippen molar-refractivity contribution in [3.05, 3.63) is 28.8 Å². The summed E-state index contributed by atoms with van der Waals surface area (Å²) in [4.78, 5) is 0. The van der Waals surface area contributed by atoms with Crippen molar-refractivity contribution in [2.24, 2.45) is 5.73 Å². The van der Waals surface area contributed by atoms with E-state index >= 15 is 0 Å². The highest BCUT2D eigenvalue weighted by atomic mass is 35.5. The van der Waals surface area contributed by atoms with Crippen molar-refractivity contribution < 1.29 is 4.74 Å². The Morgan fingerprint density at radius 2 is 2.24 bits per heavy atom. The Kier molecular flexibility index (Phi) is 6.34. The monoisotopic (exact) mass is 256 g/mol. The summed E-state index contributed by atoms with van der Waals surface area (Å²) >= 11 is 5.96. The normalized spacial score (nSPS) is 12.5. The molecule has 3 nitrogen and oxygen atoms in total. The molecule has 1 unspecified atom stereocenters. The first kappa shape index (κ1) is 14.3. The summed E-state index contributed by atoms with van der Waals surface area (Å²) in [5.74, 6) is 0.870. The van der Waals surface area contributed by atoms with Crippen molar-refractivity contribution in [3.8, 4) is 5.75 Å². The van der Waals surface area contributed by atoms with Gasteiger partial charge in [0.05, 0.1) is 7.11 Å². The zero-order valence-electron chi connectivity index (χ0n) is 10.5. The third-order valence-electron chi connectivity index (χ3n) is 2.57. The lowest BCUT2D eigenvalue weighted by molar-refractivity contribution is 0.407. The Morgan fingerprint density at radius 1 is 1.47 bits per heavy atom. The van der Waals surface area contributed by atoms with Gasteiger partial charge in [0.2, 0.25) is 0 Å². The Labute approximate surface area is 108 Å². The fourth-order valence-electron chi connectivity index (χ4n) is 1.66. The highest BCUT2D eigenvalue weighted by Gasteiger charge is 2.03. The lowest BCUT2D eigenvalue weighted by Gasteiger charge is -2.10. The molecule has 0 aliphatic carbocycles. The average molecular weight is 257 g/mol. The summed E-state index contributed by atoms with van der Waals surface area (Å²) in [6.45, 7) is 3.75. The van der Waals surface area contributed by atoms with Crippen LogP contribution < -0.4 is 15.8 Å². The van der Waals surface area contributed by atoms with Crippen LogP contribution in [0, 0.1) is 0 Å². The van der Waals surface area contributed by atoms with E-state index in [1.165, 1.54) is 0 Å². The van der Waals surface area contributed by atoms with Crippen molar-refractivity contribution in [2.45, 2.75) is 32.4 Å². The summed E-state index contributed by atoms with van der Waals surface area (Å²) in [7, 11) is 1.67. The molecular formula is C13H21ClN2O. The molecule has 0 bridgehead atoms. The van der Waals surface area contributed by atoms with E-state index in [4.69, 9.17) is 22.1 Å². The molecule has 0 saturated carbocycles. The lowest BCUT2D eigenvalue weighted by atomic mass is 10.2. The first-order valence-electron chi connectivity index (χ1n) is 5.92. The van der Waals surface area contributed by atoms with Crippen LogP contribution >= 0.6 is 11.6 Å². The Morgan fingerprint density at radius 3 is 2.88 bits per heavy atom. The molecule has 0 amide bonds. The van der Waals surface area contributed by atoms with E-state index in [-0.39, 0.29) is 6.04 Å². The van der Waals surface area contributed by atoms with E-state index in [0.29, 0.717) is 0 Å². The number of hydrogen-bond acceptors (Lipinski definition) is 3. The maximum atomic E-state index is 5.96. The molecule has 1 atom stereocenters. The topological polar surface area (TPSA) is 47.3 Å². The van der Waals surface area contributed by atoms with Crippen LogP contribution in [-0.4, -0.2) is 19.7 Å². The molecule has 0 aliphatic rings. The van der Waals surface area contributed by atoms with Crippen molar-refractivity contribution in [3.63, 3.8) is 0 Å². The number of methoxy groups -OCH3 is 1. The summed E-state index contributed by atoms with van der Waals surface area (Å²) in [5, 5.41) is 4.10. The van der Waals surface area contributed by atoms with Crippen molar-refractivity contribution >= 4 is 11.6 Å². The largest absolute Gasteiger partial charge is 0.496 e. The molecule has 1 aromatic rings. The van der Waals surface area contributed by atoms with Gasteiger partial charge in [-0.2, -0.15) is 0 Å². The number of halogens is 1. The predicted molar refractivity (Wildman–Crippen MR) is 72.6 cm³/mol. The van der Waals surface area contributed by atoms with Crippen LogP contribution in [0.3, 0.4) is 0 Å². The molecule has 96 valence electrons. The van der Waals surface area contributed by atoms with Crippen LogP contribution in [0.5, 0.6) is 5.75 Å². The molecule has 0 aliphatic heterocycles. The maximum Gasteiger partial charge on any atom is 0.123 e. The van der Waals surface area contributed by atoms with Crippen molar-refractivity contribution in [1.82, 2.24) is 5.32 Å². The summed E-state index contributed by atoms with van der Waals surface area (Å²) < 4.78 is 5.28. The Hall–Kier alpha value is -0.770. The van der Waals surface area contributed by atoms with Gasteiger partial charge in [-0.05, 0) is 44.5 Å². The van der Waals surface area contributed by atoms with Gasteiger partial charge in [0.25, 0.3) is 0 Å². The van der Waals surface area contributed by atoms with Gasteiger partial charge in [-0.15, -0.1) is 0 Å². The molecule has 0 spiro atoms. The van der Waals surface area contributed by atoms with E-state index in [2.05, 4.69) is 5.32 Å². The van der Waals surface area contributed by atoms with Gasteiger partial charge in [0.15, 0.2) is 0 Å². The van der Waals surface area contributed by atoms with Gasteiger partial charge in [-0.3, -0.25) is 0 Å². The minimum Gasteiger partial charge on any atom is -0.496 e. The maximum absolute atomic E-state index is 5.96. The quantitative estimate of drug-likeness (QED) is 0.737. The summed E-state index contributed by atoms with van der Waals surface area (Å²) in [6.07, 6.45) is 2.13. The molecule has 4 heteroatoms. The zero-order valence-corrected chi connectivity index (χ0v) is 11.3. The van der Waals surface area contributed by atoms with Crippen LogP contribution in [0.4, 0.5) is 0 Å². The fourth-order valence-corrected chi connectivity index (χ4v) is 1.85. The molecule has 0 heterocycles. The van der Waals surface area contributed by atoms with Gasteiger partial charge >= 0.3 is 0 Å². The first-order valence-corrected chi connectivity index (χ1v) is 6.30. The van der Waals surface area contributed by atoms with Gasteiger partial charge < -0.3 is 15.8 Å². The molecule has 3 N–H and O–H groups in total. The molecule has 0 radical (unpaired) electrons. The van der Waals surface area contributed by atoms with E-state index in [1.54, 1.807) is 7.11 Å². The van der Waals surface area contributed by atoms with Gasteiger partial charge in [0.1, 0.15) is 5.75 Å². The third-order valence-corrected chi connectivity index (χ3v) is 2.81. The minimum atomic E-state index is 0.275. The SMILES string of the molecule is COc1ccc(Cl)cc1CNCCCC(C)N. The molecule has 0 saturated heterocycles. The number of rotatable bonds is 7. The van der Waals surface area contributed by atoms with Crippen molar-refractivity contribution in [1.29, 1.82) is 0 Å². The van der Waals surface area contributed by atoms with E-state index in [1.807, 2.05) is 25.1 Å². The van der Waals surface area contributed by atoms with Crippen LogP contribution in [0.1, 0.15) is 25.3 Å². The number of hydrogen-bond donors (Lipinski definition) is 2. The first-order chi connectivity index (χ1) is 8.13. The van der Waals surface area contributed by atoms with Gasteiger partial charge in [0, 0.05) is 23.2 Å². The van der Waals surface area contributed by atoms with Crippen LogP contribution in [0.2, 0.25) is 5.02 Å². The van der Waals surface area contributed by atoms with E-state index in [0.717, 1.165) is 42.3 Å². The number of ether oxygens (including phenoxy) is 1. The molecular weight excluding hydrogens is 236 g/mol. The Balaban J connectivity index is 2.37. The van der Waals surface area contributed by atoms with Crippen molar-refractivity contribution in [2.75, 3.05) is 13.7 Å². The smallest absolute Gasteiger partial charge is 0.123 e. The molecule has 1 rings (SSSR count). The molecule has 17 heavy (non-hydrogen) atoms. The van der Waals surface area contributed by atoms with E-state index < -0.39 is 0 Å². The van der Waals surface area contributed by atoms with Gasteiger partial charge in [-0.25, -0.2) is 0 Å². The molecule has 1 aromatic carbocycles. The third kappa shape index (κ3) is 5.39. The summed E-state index contributed by atoms with van der Waals surface area (Å²) in [6, 6.07) is 5.93. The predicted octanol–water partition coefficient (Wildman–Crippen LogP) is 2.57. The Bertz CT molecular complexity index is 342. The zero-order chi connectivity index (χ0) is 12.7. The average Bonchev–Trinajstić information content (AvgIpc) is 2.28. The van der Waals surface area contributed by atoms with Crippen LogP contribution in [0.15, 0.2) is 18.2 Å². The molecule has 0 aromatic heterocycles. The number of nitrogens with one attached hydrogen (secondary N) is 1. The second-order valence-electron chi connectivity index (χ2n) is 4.25. The second kappa shape index (κ2) is 7.54. The standard InChI is InChI=1S/C13H21ClN2O/c1-10(15)4-3-7-16-9-11-8-12(14)5-6-13(11)17-2/h5-6,8,10,16H,3-4,7,9,15H2,1-2H3. The highest BCUT2D eigenvalue weighted by molar-refractivity contribution is 6.30. The van der Waals surface area contributed by atoms with Crippen LogP contribution in [0.25, 0.3) is 0 Å². The van der Waals surface area contributed by atoms with Crippen LogP contribution in [-0.2, 0) is 6.54 Å². The second-order valence-corrected chi connectivity index (χ2v) is 4.69. The highest BCUT2D eigenvalue weighted by Crippen LogP contribution is 2.22.